The highest BCUT2D eigenvalue weighted by Gasteiger charge is 2.49. The van der Waals surface area contributed by atoms with Gasteiger partial charge in [-0.1, -0.05) is 48.5 Å². The summed E-state index contributed by atoms with van der Waals surface area (Å²) in [4.78, 5) is 2.43. The van der Waals surface area contributed by atoms with Gasteiger partial charge in [0.15, 0.2) is 0 Å². The first-order valence-corrected chi connectivity index (χ1v) is 10.5. The zero-order valence-corrected chi connectivity index (χ0v) is 18.5. The highest BCUT2D eigenvalue weighted by molar-refractivity contribution is 5.86. The molecule has 2 aliphatic rings. The molecule has 4 heteroatoms. The largest absolute Gasteiger partial charge is 0.368 e. The third-order valence-electron chi connectivity index (χ3n) is 7.43. The smallest absolute Gasteiger partial charge is 0.108 e. The molecule has 1 aliphatic carbocycles. The maximum Gasteiger partial charge on any atom is 0.108 e. The standard InChI is InChI=1S/C25H30N2O.ClH/c1-26(2)24(19-9-5-4-6-10-19)14-16-25(17-15-24)23-21(13-18-28-25)20-11-7-8-12-22(20)27(23)3;/h4-12H,13-18H2,1-3H3;1H. The summed E-state index contributed by atoms with van der Waals surface area (Å²) in [6, 6.07) is 19.9. The Morgan fingerprint density at radius 3 is 2.24 bits per heavy atom. The molecule has 1 aromatic heterocycles. The summed E-state index contributed by atoms with van der Waals surface area (Å²) in [5.41, 5.74) is 5.67. The van der Waals surface area contributed by atoms with Crippen LogP contribution in [0.5, 0.6) is 0 Å². The Hall–Kier alpha value is -1.81. The van der Waals surface area contributed by atoms with E-state index in [0.717, 1.165) is 38.7 Å². The van der Waals surface area contributed by atoms with Crippen LogP contribution in [0.4, 0.5) is 0 Å². The first kappa shape index (κ1) is 20.5. The van der Waals surface area contributed by atoms with E-state index in [2.05, 4.69) is 85.2 Å². The number of halogens is 1. The lowest BCUT2D eigenvalue weighted by Gasteiger charge is -2.51. The van der Waals surface area contributed by atoms with Gasteiger partial charge in [0.25, 0.3) is 0 Å². The van der Waals surface area contributed by atoms with Crippen LogP contribution < -0.4 is 0 Å². The maximum atomic E-state index is 6.61. The molecule has 0 unspecified atom stereocenters. The Balaban J connectivity index is 0.00000205. The van der Waals surface area contributed by atoms with Crippen LogP contribution in [0.25, 0.3) is 10.9 Å². The van der Waals surface area contributed by atoms with Crippen molar-refractivity contribution in [2.75, 3.05) is 20.7 Å². The van der Waals surface area contributed by atoms with Crippen LogP contribution in [0.2, 0.25) is 0 Å². The molecule has 1 saturated carbocycles. The summed E-state index contributed by atoms with van der Waals surface area (Å²) in [7, 11) is 6.69. The number of benzene rings is 2. The number of aryl methyl sites for hydroxylation is 1. The molecule has 29 heavy (non-hydrogen) atoms. The van der Waals surface area contributed by atoms with E-state index in [1.54, 1.807) is 0 Å². The average molecular weight is 411 g/mol. The van der Waals surface area contributed by atoms with Crippen molar-refractivity contribution in [3.63, 3.8) is 0 Å². The fraction of sp³-hybridized carbons (Fsp3) is 0.440. The molecule has 2 aromatic carbocycles. The van der Waals surface area contributed by atoms with E-state index < -0.39 is 0 Å². The van der Waals surface area contributed by atoms with Gasteiger partial charge in [0.2, 0.25) is 0 Å². The van der Waals surface area contributed by atoms with Crippen LogP contribution in [0.15, 0.2) is 54.6 Å². The quantitative estimate of drug-likeness (QED) is 0.562. The number of hydrogen-bond donors (Lipinski definition) is 0. The number of rotatable bonds is 2. The zero-order chi connectivity index (χ0) is 19.4. The lowest BCUT2D eigenvalue weighted by molar-refractivity contribution is -0.115. The summed E-state index contributed by atoms with van der Waals surface area (Å²) in [5, 5.41) is 1.41. The van der Waals surface area contributed by atoms with Gasteiger partial charge in [0, 0.05) is 23.5 Å². The van der Waals surface area contributed by atoms with Crippen molar-refractivity contribution in [3.05, 3.63) is 71.4 Å². The minimum Gasteiger partial charge on any atom is -0.368 e. The Labute approximate surface area is 180 Å². The predicted octanol–water partition coefficient (Wildman–Crippen LogP) is 5.40. The molecule has 0 atom stereocenters. The lowest BCUT2D eigenvalue weighted by atomic mass is 9.68. The molecule has 0 N–H and O–H groups in total. The molecule has 1 spiro atoms. The second kappa shape index (κ2) is 7.46. The van der Waals surface area contributed by atoms with Crippen molar-refractivity contribution >= 4 is 23.3 Å². The van der Waals surface area contributed by atoms with Crippen LogP contribution in [0.1, 0.15) is 42.5 Å². The molecule has 154 valence electrons. The van der Waals surface area contributed by atoms with Crippen LogP contribution in [-0.2, 0) is 29.3 Å². The molecule has 0 amide bonds. The second-order valence-corrected chi connectivity index (χ2v) is 8.79. The van der Waals surface area contributed by atoms with Crippen molar-refractivity contribution in [2.24, 2.45) is 7.05 Å². The molecular weight excluding hydrogens is 380 g/mol. The molecular formula is C25H31ClN2O. The van der Waals surface area contributed by atoms with Crippen LogP contribution >= 0.6 is 12.4 Å². The molecule has 1 aliphatic heterocycles. The van der Waals surface area contributed by atoms with Crippen LogP contribution in [0, 0.1) is 0 Å². The number of para-hydroxylation sites is 1. The van der Waals surface area contributed by atoms with E-state index in [1.807, 2.05) is 0 Å². The second-order valence-electron chi connectivity index (χ2n) is 8.79. The average Bonchev–Trinajstić information content (AvgIpc) is 3.03. The Morgan fingerprint density at radius 2 is 1.55 bits per heavy atom. The van der Waals surface area contributed by atoms with Crippen molar-refractivity contribution in [3.8, 4) is 0 Å². The number of ether oxygens (including phenoxy) is 1. The molecule has 2 heterocycles. The topological polar surface area (TPSA) is 17.4 Å². The minimum atomic E-state index is -0.143. The SMILES string of the molecule is CN(C)C1(c2ccccc2)CCC2(CC1)OCCc1c2n(C)c2ccccc12.Cl. The van der Waals surface area contributed by atoms with Gasteiger partial charge in [-0.3, -0.25) is 4.90 Å². The van der Waals surface area contributed by atoms with Gasteiger partial charge in [-0.15, -0.1) is 12.4 Å². The third kappa shape index (κ3) is 2.94. The third-order valence-corrected chi connectivity index (χ3v) is 7.43. The summed E-state index contributed by atoms with van der Waals surface area (Å²) < 4.78 is 9.02. The van der Waals surface area contributed by atoms with Gasteiger partial charge >= 0.3 is 0 Å². The van der Waals surface area contributed by atoms with Crippen molar-refractivity contribution in [1.29, 1.82) is 0 Å². The lowest BCUT2D eigenvalue weighted by Crippen LogP contribution is -2.50. The molecule has 3 nitrogen and oxygen atoms in total. The van der Waals surface area contributed by atoms with E-state index in [0.29, 0.717) is 0 Å². The van der Waals surface area contributed by atoms with Crippen molar-refractivity contribution < 1.29 is 4.74 Å². The Morgan fingerprint density at radius 1 is 0.897 bits per heavy atom. The van der Waals surface area contributed by atoms with Gasteiger partial charge in [-0.25, -0.2) is 0 Å². The van der Waals surface area contributed by atoms with E-state index in [4.69, 9.17) is 4.74 Å². The molecule has 0 bridgehead atoms. The molecule has 0 saturated heterocycles. The normalized spacial score (nSPS) is 26.5. The van der Waals surface area contributed by atoms with Crippen molar-refractivity contribution in [1.82, 2.24) is 9.47 Å². The number of hydrogen-bond acceptors (Lipinski definition) is 2. The molecule has 3 aromatic rings. The molecule has 1 fully saturated rings. The molecule has 0 radical (unpaired) electrons. The Bertz CT molecular complexity index is 1000. The number of aromatic nitrogens is 1. The van der Waals surface area contributed by atoms with Gasteiger partial charge in [0.05, 0.1) is 12.3 Å². The summed E-state index contributed by atoms with van der Waals surface area (Å²) in [6.07, 6.45) is 5.39. The van der Waals surface area contributed by atoms with E-state index in [1.165, 1.54) is 27.7 Å². The van der Waals surface area contributed by atoms with Crippen LogP contribution in [0.3, 0.4) is 0 Å². The monoisotopic (exact) mass is 410 g/mol. The van der Waals surface area contributed by atoms with Gasteiger partial charge < -0.3 is 9.30 Å². The van der Waals surface area contributed by atoms with E-state index in [-0.39, 0.29) is 23.5 Å². The minimum absolute atomic E-state index is 0. The highest BCUT2D eigenvalue weighted by Crippen LogP contribution is 2.53. The fourth-order valence-corrected chi connectivity index (χ4v) is 5.91. The fourth-order valence-electron chi connectivity index (χ4n) is 5.91. The van der Waals surface area contributed by atoms with Crippen molar-refractivity contribution in [2.45, 2.75) is 43.2 Å². The molecule has 5 rings (SSSR count). The first-order valence-electron chi connectivity index (χ1n) is 10.5. The zero-order valence-electron chi connectivity index (χ0n) is 17.6. The highest BCUT2D eigenvalue weighted by atomic mass is 35.5. The summed E-state index contributed by atoms with van der Waals surface area (Å²) in [6.45, 7) is 0.835. The van der Waals surface area contributed by atoms with Crippen LogP contribution in [-0.4, -0.2) is 30.2 Å². The maximum absolute atomic E-state index is 6.61. The number of fused-ring (bicyclic) bond motifs is 4. The van der Waals surface area contributed by atoms with Gasteiger partial charge in [-0.05, 0) is 63.4 Å². The summed E-state index contributed by atoms with van der Waals surface area (Å²) >= 11 is 0. The number of nitrogens with zero attached hydrogens (tertiary/aromatic N) is 2. The first-order chi connectivity index (χ1) is 13.6. The van der Waals surface area contributed by atoms with Gasteiger partial charge in [0.1, 0.15) is 5.60 Å². The van der Waals surface area contributed by atoms with E-state index >= 15 is 0 Å². The van der Waals surface area contributed by atoms with Gasteiger partial charge in [-0.2, -0.15) is 0 Å². The van der Waals surface area contributed by atoms with E-state index in [9.17, 15) is 0 Å². The summed E-state index contributed by atoms with van der Waals surface area (Å²) in [5.74, 6) is 0. The Kier molecular flexibility index (Phi) is 5.27. The predicted molar refractivity (Wildman–Crippen MR) is 122 cm³/mol.